The lowest BCUT2D eigenvalue weighted by molar-refractivity contribution is 0.0638. The summed E-state index contributed by atoms with van der Waals surface area (Å²) in [6.45, 7) is 5.22. The van der Waals surface area contributed by atoms with Crippen molar-refractivity contribution in [1.82, 2.24) is 8.87 Å². The molecule has 1 rings (SSSR count). The average molecular weight is 318 g/mol. The van der Waals surface area contributed by atoms with Gasteiger partial charge < -0.3 is 14.8 Å². The molecule has 0 amide bonds. The second-order valence-electron chi connectivity index (χ2n) is 5.63. The minimum atomic E-state index is -3.84. The molecule has 120 valence electrons. The Morgan fingerprint density at radius 1 is 1.43 bits per heavy atom. The van der Waals surface area contributed by atoms with E-state index in [9.17, 15) is 18.3 Å². The highest BCUT2D eigenvalue weighted by molar-refractivity contribution is 7.89. The number of aromatic nitrogens is 1. The highest BCUT2D eigenvalue weighted by atomic mass is 32.2. The molecule has 0 bridgehead atoms. The number of aromatic carboxylic acids is 1. The Morgan fingerprint density at radius 2 is 2.00 bits per heavy atom. The van der Waals surface area contributed by atoms with Crippen LogP contribution in [0.25, 0.3) is 0 Å². The first-order valence-electron chi connectivity index (χ1n) is 6.61. The van der Waals surface area contributed by atoms with Gasteiger partial charge in [0.25, 0.3) is 0 Å². The fraction of sp³-hybridized carbons (Fsp3) is 0.615. The lowest BCUT2D eigenvalue weighted by Gasteiger charge is -2.24. The summed E-state index contributed by atoms with van der Waals surface area (Å²) < 4.78 is 27.2. The number of carboxylic acids is 1. The summed E-state index contributed by atoms with van der Waals surface area (Å²) in [5.74, 6) is -1.17. The molecule has 0 aliphatic heterocycles. The van der Waals surface area contributed by atoms with Gasteiger partial charge in [0, 0.05) is 26.3 Å². The van der Waals surface area contributed by atoms with Gasteiger partial charge in [0.15, 0.2) is 0 Å². The van der Waals surface area contributed by atoms with Gasteiger partial charge in [-0.3, -0.25) is 0 Å². The Labute approximate surface area is 124 Å². The van der Waals surface area contributed by atoms with E-state index in [4.69, 9.17) is 5.11 Å². The largest absolute Gasteiger partial charge is 0.477 e. The summed E-state index contributed by atoms with van der Waals surface area (Å²) in [5.41, 5.74) is -1.24. The van der Waals surface area contributed by atoms with Crippen molar-refractivity contribution in [3.8, 4) is 0 Å². The first-order valence-corrected chi connectivity index (χ1v) is 8.05. The minimum absolute atomic E-state index is 0.0629. The van der Waals surface area contributed by atoms with E-state index >= 15 is 0 Å². The van der Waals surface area contributed by atoms with Crippen LogP contribution in [0.15, 0.2) is 17.2 Å². The van der Waals surface area contributed by atoms with E-state index in [1.165, 1.54) is 31.7 Å². The van der Waals surface area contributed by atoms with Crippen LogP contribution in [-0.4, -0.2) is 52.7 Å². The number of carbonyl (C=O) groups is 1. The molecule has 0 fully saturated rings. The Bertz CT molecular complexity index is 613. The van der Waals surface area contributed by atoms with Crippen molar-refractivity contribution >= 4 is 16.0 Å². The fourth-order valence-corrected chi connectivity index (χ4v) is 3.41. The lowest BCUT2D eigenvalue weighted by Crippen LogP contribution is -2.39. The van der Waals surface area contributed by atoms with Gasteiger partial charge in [-0.25, -0.2) is 13.2 Å². The van der Waals surface area contributed by atoms with Crippen molar-refractivity contribution in [3.05, 3.63) is 18.0 Å². The van der Waals surface area contributed by atoms with Crippen molar-refractivity contribution in [2.45, 2.75) is 44.2 Å². The zero-order chi connectivity index (χ0) is 16.4. The molecular weight excluding hydrogens is 296 g/mol. The molecule has 1 aromatic rings. The molecule has 0 saturated carbocycles. The maximum absolute atomic E-state index is 12.4. The molecule has 0 aliphatic rings. The summed E-state index contributed by atoms with van der Waals surface area (Å²) >= 11 is 0. The number of nitrogens with zero attached hydrogens (tertiary/aromatic N) is 2. The van der Waals surface area contributed by atoms with E-state index in [0.717, 1.165) is 10.4 Å². The van der Waals surface area contributed by atoms with E-state index in [1.54, 1.807) is 0 Å². The third-order valence-corrected chi connectivity index (χ3v) is 4.64. The number of likely N-dealkylation sites (N-methyl/N-ethyl adjacent to an activating group) is 1. The number of carboxylic acid groups (broad SMARTS) is 1. The van der Waals surface area contributed by atoms with Crippen molar-refractivity contribution in [2.24, 2.45) is 0 Å². The highest BCUT2D eigenvalue weighted by Crippen LogP contribution is 2.20. The second-order valence-corrected chi connectivity index (χ2v) is 7.68. The molecule has 0 radical (unpaired) electrons. The predicted molar refractivity (Wildman–Crippen MR) is 77.8 cm³/mol. The standard InChI is InChI=1S/C13H22N2O5S/c1-5-6-15-8-10(7-11(15)12(16)17)21(19,20)14(4)9-13(2,3)18/h7-8,18H,5-6,9H2,1-4H3,(H,16,17). The first-order chi connectivity index (χ1) is 9.49. The van der Waals surface area contributed by atoms with E-state index in [2.05, 4.69) is 0 Å². The van der Waals surface area contributed by atoms with Gasteiger partial charge in [0.2, 0.25) is 10.0 Å². The Kier molecular flexibility index (Phi) is 5.19. The predicted octanol–water partition coefficient (Wildman–Crippen LogP) is 0.988. The van der Waals surface area contributed by atoms with Crippen LogP contribution < -0.4 is 0 Å². The molecule has 0 aromatic carbocycles. The van der Waals surface area contributed by atoms with Gasteiger partial charge in [-0.1, -0.05) is 6.92 Å². The van der Waals surface area contributed by atoms with Gasteiger partial charge in [0.05, 0.1) is 5.60 Å². The number of hydrogen-bond acceptors (Lipinski definition) is 4. The number of hydrogen-bond donors (Lipinski definition) is 2. The summed E-state index contributed by atoms with van der Waals surface area (Å²) in [6, 6.07) is 1.15. The fourth-order valence-electron chi connectivity index (χ4n) is 2.04. The van der Waals surface area contributed by atoms with Crippen LogP contribution >= 0.6 is 0 Å². The summed E-state index contributed by atoms with van der Waals surface area (Å²) in [4.78, 5) is 11.1. The third kappa shape index (κ3) is 4.29. The number of aryl methyl sites for hydroxylation is 1. The SMILES string of the molecule is CCCn1cc(S(=O)(=O)N(C)CC(C)(C)O)cc1C(=O)O. The van der Waals surface area contributed by atoms with Gasteiger partial charge in [0.1, 0.15) is 10.6 Å². The van der Waals surface area contributed by atoms with Crippen LogP contribution in [0, 0.1) is 0 Å². The van der Waals surface area contributed by atoms with Crippen LogP contribution in [0.1, 0.15) is 37.7 Å². The van der Waals surface area contributed by atoms with E-state index in [0.29, 0.717) is 13.0 Å². The number of rotatable bonds is 7. The maximum atomic E-state index is 12.4. The van der Waals surface area contributed by atoms with Gasteiger partial charge >= 0.3 is 5.97 Å². The Balaban J connectivity index is 3.20. The van der Waals surface area contributed by atoms with Crippen molar-refractivity contribution in [3.63, 3.8) is 0 Å². The molecule has 1 aromatic heterocycles. The summed E-state index contributed by atoms with van der Waals surface area (Å²) in [7, 11) is -2.48. The zero-order valence-corrected chi connectivity index (χ0v) is 13.5. The summed E-state index contributed by atoms with van der Waals surface area (Å²) in [5, 5.41) is 18.9. The van der Waals surface area contributed by atoms with Crippen molar-refractivity contribution < 1.29 is 23.4 Å². The molecule has 21 heavy (non-hydrogen) atoms. The van der Waals surface area contributed by atoms with Gasteiger partial charge in [-0.05, 0) is 26.3 Å². The molecular formula is C13H22N2O5S. The van der Waals surface area contributed by atoms with Crippen molar-refractivity contribution in [1.29, 1.82) is 0 Å². The Morgan fingerprint density at radius 3 is 2.43 bits per heavy atom. The Hall–Kier alpha value is -1.38. The van der Waals surface area contributed by atoms with Crippen molar-refractivity contribution in [2.75, 3.05) is 13.6 Å². The third-order valence-electron chi connectivity index (χ3n) is 2.87. The van der Waals surface area contributed by atoms with Crippen LogP contribution in [0.3, 0.4) is 0 Å². The molecule has 2 N–H and O–H groups in total. The molecule has 8 heteroatoms. The van der Waals surface area contributed by atoms with Crippen LogP contribution in [-0.2, 0) is 16.6 Å². The van der Waals surface area contributed by atoms with Crippen LogP contribution in [0.2, 0.25) is 0 Å². The minimum Gasteiger partial charge on any atom is -0.477 e. The maximum Gasteiger partial charge on any atom is 0.352 e. The molecule has 0 aliphatic carbocycles. The summed E-state index contributed by atoms with van der Waals surface area (Å²) in [6.07, 6.45) is 2.01. The topological polar surface area (TPSA) is 99.8 Å². The molecule has 0 saturated heterocycles. The molecule has 0 spiro atoms. The van der Waals surface area contributed by atoms with Gasteiger partial charge in [-0.15, -0.1) is 0 Å². The zero-order valence-electron chi connectivity index (χ0n) is 12.7. The van der Waals surface area contributed by atoms with Gasteiger partial charge in [-0.2, -0.15) is 4.31 Å². The lowest BCUT2D eigenvalue weighted by atomic mass is 10.1. The normalized spacial score (nSPS) is 12.9. The number of sulfonamides is 1. The van der Waals surface area contributed by atoms with Crippen LogP contribution in [0.4, 0.5) is 0 Å². The quantitative estimate of drug-likeness (QED) is 0.781. The highest BCUT2D eigenvalue weighted by Gasteiger charge is 2.28. The first kappa shape index (κ1) is 17.7. The van der Waals surface area contributed by atoms with Crippen LogP contribution in [0.5, 0.6) is 0 Å². The molecule has 7 nitrogen and oxygen atoms in total. The molecule has 0 unspecified atom stereocenters. The average Bonchev–Trinajstić information content (AvgIpc) is 2.72. The molecule has 1 heterocycles. The van der Waals surface area contributed by atoms with E-state index in [-0.39, 0.29) is 17.1 Å². The monoisotopic (exact) mass is 318 g/mol. The van der Waals surface area contributed by atoms with E-state index < -0.39 is 21.6 Å². The van der Waals surface area contributed by atoms with E-state index in [1.807, 2.05) is 6.92 Å². The smallest absolute Gasteiger partial charge is 0.352 e. The molecule has 0 atom stereocenters. The number of aliphatic hydroxyl groups is 1. The second kappa shape index (κ2) is 6.17.